The number of cyclic esters (lactones) is 1. The van der Waals surface area contributed by atoms with Crippen molar-refractivity contribution in [1.82, 2.24) is 0 Å². The van der Waals surface area contributed by atoms with Crippen LogP contribution in [0.1, 0.15) is 19.3 Å². The van der Waals surface area contributed by atoms with Crippen molar-refractivity contribution < 1.29 is 9.53 Å². The number of esters is 1. The summed E-state index contributed by atoms with van der Waals surface area (Å²) in [5.74, 6) is -0.0457. The Bertz CT molecular complexity index is 103. The van der Waals surface area contributed by atoms with Gasteiger partial charge < -0.3 is 4.74 Å². The molecule has 1 aliphatic heterocycles. The molecule has 1 rings (SSSR count). The summed E-state index contributed by atoms with van der Waals surface area (Å²) in [6, 6.07) is 0. The molecule has 8 heavy (non-hydrogen) atoms. The minimum atomic E-state index is -0.0457. The maximum atomic E-state index is 10.4. The van der Waals surface area contributed by atoms with E-state index in [9.17, 15) is 4.79 Å². The summed E-state index contributed by atoms with van der Waals surface area (Å²) in [7, 11) is 0. The van der Waals surface area contributed by atoms with Crippen molar-refractivity contribution in [3.8, 4) is 0 Å². The molecular formula is C5H7IO2. The predicted octanol–water partition coefficient (Wildman–Crippen LogP) is 1.47. The second-order valence-corrected chi connectivity index (χ2v) is 3.18. The van der Waals surface area contributed by atoms with Crippen LogP contribution in [-0.2, 0) is 9.53 Å². The second-order valence-electron chi connectivity index (χ2n) is 1.79. The average molecular weight is 226 g/mol. The molecule has 3 heteroatoms. The minimum absolute atomic E-state index is 0.0457. The molecule has 0 N–H and O–H groups in total. The van der Waals surface area contributed by atoms with Crippen LogP contribution in [0, 0.1) is 0 Å². The number of hydrogen-bond acceptors (Lipinski definition) is 2. The van der Waals surface area contributed by atoms with E-state index in [1.165, 1.54) is 0 Å². The van der Waals surface area contributed by atoms with Gasteiger partial charge in [0.15, 0.2) is 4.11 Å². The average Bonchev–Trinajstić information content (AvgIpc) is 1.64. The molecule has 0 aromatic carbocycles. The Morgan fingerprint density at radius 2 is 2.50 bits per heavy atom. The summed E-state index contributed by atoms with van der Waals surface area (Å²) in [5, 5.41) is 0. The zero-order chi connectivity index (χ0) is 5.98. The van der Waals surface area contributed by atoms with Crippen molar-refractivity contribution in [1.29, 1.82) is 0 Å². The van der Waals surface area contributed by atoms with Gasteiger partial charge in [0, 0.05) is 6.42 Å². The minimum Gasteiger partial charge on any atom is -0.452 e. The van der Waals surface area contributed by atoms with Crippen LogP contribution < -0.4 is 0 Å². The number of carbonyl (C=O) groups excluding carboxylic acids is 1. The van der Waals surface area contributed by atoms with Gasteiger partial charge in [0.1, 0.15) is 0 Å². The lowest BCUT2D eigenvalue weighted by Gasteiger charge is -2.15. The first kappa shape index (κ1) is 6.32. The number of rotatable bonds is 0. The molecule has 1 aliphatic rings. The molecule has 0 radical (unpaired) electrons. The topological polar surface area (TPSA) is 26.3 Å². The Labute approximate surface area is 61.7 Å². The summed E-state index contributed by atoms with van der Waals surface area (Å²) < 4.78 is 4.97. The molecule has 46 valence electrons. The Morgan fingerprint density at radius 1 is 1.75 bits per heavy atom. The van der Waals surface area contributed by atoms with Gasteiger partial charge in [0.05, 0.1) is 0 Å². The third kappa shape index (κ3) is 1.61. The van der Waals surface area contributed by atoms with Crippen molar-refractivity contribution in [2.45, 2.75) is 23.4 Å². The maximum Gasteiger partial charge on any atom is 0.306 e. The van der Waals surface area contributed by atoms with Crippen molar-refractivity contribution in [3.05, 3.63) is 0 Å². The third-order valence-corrected chi connectivity index (χ3v) is 1.95. The summed E-state index contributed by atoms with van der Waals surface area (Å²) >= 11 is 2.13. The molecular weight excluding hydrogens is 219 g/mol. The lowest BCUT2D eigenvalue weighted by atomic mass is 10.2. The van der Waals surface area contributed by atoms with Gasteiger partial charge in [-0.25, -0.2) is 0 Å². The first-order valence-corrected chi connectivity index (χ1v) is 3.87. The Kier molecular flexibility index (Phi) is 2.10. The largest absolute Gasteiger partial charge is 0.452 e. The van der Waals surface area contributed by atoms with Gasteiger partial charge in [-0.2, -0.15) is 0 Å². The first-order valence-electron chi connectivity index (χ1n) is 2.62. The van der Waals surface area contributed by atoms with Crippen molar-refractivity contribution in [2.75, 3.05) is 0 Å². The normalized spacial score (nSPS) is 29.6. The number of ether oxygens (including phenoxy) is 1. The van der Waals surface area contributed by atoms with E-state index in [1.807, 2.05) is 0 Å². The molecule has 0 aliphatic carbocycles. The van der Waals surface area contributed by atoms with Crippen molar-refractivity contribution in [2.24, 2.45) is 0 Å². The van der Waals surface area contributed by atoms with Crippen LogP contribution in [0.2, 0.25) is 0 Å². The molecule has 1 heterocycles. The fourth-order valence-electron chi connectivity index (χ4n) is 0.667. The quantitative estimate of drug-likeness (QED) is 0.355. The van der Waals surface area contributed by atoms with Crippen LogP contribution >= 0.6 is 22.6 Å². The molecule has 0 aromatic rings. The van der Waals surface area contributed by atoms with E-state index < -0.39 is 0 Å². The summed E-state index contributed by atoms with van der Waals surface area (Å²) in [6.07, 6.45) is 2.62. The van der Waals surface area contributed by atoms with E-state index in [2.05, 4.69) is 22.6 Å². The van der Waals surface area contributed by atoms with E-state index in [-0.39, 0.29) is 10.1 Å². The SMILES string of the molecule is O=C1CCCC(I)O1. The second kappa shape index (κ2) is 2.66. The molecule has 1 atom stereocenters. The highest BCUT2D eigenvalue weighted by Gasteiger charge is 2.16. The van der Waals surface area contributed by atoms with Crippen LogP contribution in [-0.4, -0.2) is 10.1 Å². The zero-order valence-electron chi connectivity index (χ0n) is 4.39. The van der Waals surface area contributed by atoms with Crippen molar-refractivity contribution >= 4 is 28.6 Å². The third-order valence-electron chi connectivity index (χ3n) is 1.07. The van der Waals surface area contributed by atoms with E-state index >= 15 is 0 Å². The van der Waals surface area contributed by atoms with Gasteiger partial charge in [-0.3, -0.25) is 4.79 Å². The van der Waals surface area contributed by atoms with Gasteiger partial charge in [-0.05, 0) is 35.4 Å². The predicted molar refractivity (Wildman–Crippen MR) is 37.8 cm³/mol. The molecule has 0 saturated carbocycles. The Morgan fingerprint density at radius 3 is 2.88 bits per heavy atom. The number of carbonyl (C=O) groups is 1. The van der Waals surface area contributed by atoms with Crippen LogP contribution in [0.25, 0.3) is 0 Å². The van der Waals surface area contributed by atoms with Crippen LogP contribution in [0.5, 0.6) is 0 Å². The molecule has 0 bridgehead atoms. The van der Waals surface area contributed by atoms with Gasteiger partial charge in [0.25, 0.3) is 0 Å². The highest BCUT2D eigenvalue weighted by molar-refractivity contribution is 14.1. The highest BCUT2D eigenvalue weighted by Crippen LogP contribution is 2.18. The molecule has 1 fully saturated rings. The van der Waals surface area contributed by atoms with Gasteiger partial charge in [-0.1, -0.05) is 0 Å². The molecule has 0 amide bonds. The standard InChI is InChI=1S/C5H7IO2/c6-4-2-1-3-5(7)8-4/h4H,1-3H2. The van der Waals surface area contributed by atoms with Crippen LogP contribution in [0.15, 0.2) is 0 Å². The van der Waals surface area contributed by atoms with Gasteiger partial charge in [-0.15, -0.1) is 0 Å². The van der Waals surface area contributed by atoms with E-state index in [0.717, 1.165) is 12.8 Å². The smallest absolute Gasteiger partial charge is 0.306 e. The summed E-state index contributed by atoms with van der Waals surface area (Å²) in [5.41, 5.74) is 0. The Hall–Kier alpha value is 0.200. The van der Waals surface area contributed by atoms with Crippen LogP contribution in [0.3, 0.4) is 0 Å². The number of halogens is 1. The zero-order valence-corrected chi connectivity index (χ0v) is 6.55. The fraction of sp³-hybridized carbons (Fsp3) is 0.800. The van der Waals surface area contributed by atoms with Gasteiger partial charge >= 0.3 is 5.97 Å². The van der Waals surface area contributed by atoms with E-state index in [1.54, 1.807) is 0 Å². The van der Waals surface area contributed by atoms with E-state index in [4.69, 9.17) is 4.74 Å². The summed E-state index contributed by atoms with van der Waals surface area (Å²) in [4.78, 5) is 10.4. The summed E-state index contributed by atoms with van der Waals surface area (Å²) in [6.45, 7) is 0. The molecule has 2 nitrogen and oxygen atoms in total. The molecule has 0 aromatic heterocycles. The monoisotopic (exact) mass is 226 g/mol. The first-order chi connectivity index (χ1) is 3.79. The van der Waals surface area contributed by atoms with Gasteiger partial charge in [0.2, 0.25) is 0 Å². The molecule has 1 saturated heterocycles. The van der Waals surface area contributed by atoms with Crippen LogP contribution in [0.4, 0.5) is 0 Å². The molecule has 1 unspecified atom stereocenters. The number of alkyl halides is 1. The lowest BCUT2D eigenvalue weighted by molar-refractivity contribution is -0.147. The number of hydrogen-bond donors (Lipinski definition) is 0. The fourth-order valence-corrected chi connectivity index (χ4v) is 1.39. The maximum absolute atomic E-state index is 10.4. The van der Waals surface area contributed by atoms with E-state index in [0.29, 0.717) is 6.42 Å². The molecule has 0 spiro atoms. The lowest BCUT2D eigenvalue weighted by Crippen LogP contribution is -2.17. The Balaban J connectivity index is 2.34. The van der Waals surface area contributed by atoms with Crippen molar-refractivity contribution in [3.63, 3.8) is 0 Å². The highest BCUT2D eigenvalue weighted by atomic mass is 127.